The van der Waals surface area contributed by atoms with Crippen LogP contribution in [0.2, 0.25) is 0 Å². The van der Waals surface area contributed by atoms with Crippen LogP contribution in [0, 0.1) is 0 Å². The van der Waals surface area contributed by atoms with E-state index in [1.54, 1.807) is 29.2 Å². The Hall–Kier alpha value is -1.45. The van der Waals surface area contributed by atoms with E-state index < -0.39 is 10.0 Å². The SMILES string of the molecule is CS(=O)(=O)N1CCCN(C(=O)CCNC(=O)c2ccc(Br)cc2)CC1. The van der Waals surface area contributed by atoms with Crippen molar-refractivity contribution in [1.29, 1.82) is 0 Å². The van der Waals surface area contributed by atoms with E-state index in [2.05, 4.69) is 21.2 Å². The van der Waals surface area contributed by atoms with E-state index in [1.165, 1.54) is 10.6 Å². The third kappa shape index (κ3) is 6.09. The fourth-order valence-electron chi connectivity index (χ4n) is 2.62. The zero-order valence-electron chi connectivity index (χ0n) is 14.1. The molecule has 0 spiro atoms. The molecule has 0 unspecified atom stereocenters. The minimum absolute atomic E-state index is 0.0774. The lowest BCUT2D eigenvalue weighted by molar-refractivity contribution is -0.130. The standard InChI is InChI=1S/C16H22BrN3O4S/c1-25(23,24)20-10-2-9-19(11-12-20)15(21)7-8-18-16(22)13-3-5-14(17)6-4-13/h3-6H,2,7-12H2,1H3,(H,18,22). The van der Waals surface area contributed by atoms with Crippen LogP contribution < -0.4 is 5.32 Å². The van der Waals surface area contributed by atoms with Gasteiger partial charge in [-0.15, -0.1) is 0 Å². The number of nitrogens with one attached hydrogen (secondary N) is 1. The van der Waals surface area contributed by atoms with Crippen molar-refractivity contribution < 1.29 is 18.0 Å². The van der Waals surface area contributed by atoms with Crippen molar-refractivity contribution in [3.8, 4) is 0 Å². The third-order valence-electron chi connectivity index (χ3n) is 4.01. The number of halogens is 1. The first kappa shape index (κ1) is 19.9. The Morgan fingerprint density at radius 1 is 1.12 bits per heavy atom. The first-order valence-corrected chi connectivity index (χ1v) is 10.7. The average molecular weight is 432 g/mol. The lowest BCUT2D eigenvalue weighted by atomic mass is 10.2. The highest BCUT2D eigenvalue weighted by atomic mass is 79.9. The monoisotopic (exact) mass is 431 g/mol. The van der Waals surface area contributed by atoms with Crippen LogP contribution >= 0.6 is 15.9 Å². The molecule has 9 heteroatoms. The average Bonchev–Trinajstić information content (AvgIpc) is 2.81. The summed E-state index contributed by atoms with van der Waals surface area (Å²) in [6.07, 6.45) is 1.99. The Balaban J connectivity index is 1.78. The van der Waals surface area contributed by atoms with Gasteiger partial charge in [-0.3, -0.25) is 9.59 Å². The molecule has 1 heterocycles. The van der Waals surface area contributed by atoms with Crippen LogP contribution in [0.3, 0.4) is 0 Å². The molecule has 0 aromatic heterocycles. The number of sulfonamides is 1. The van der Waals surface area contributed by atoms with E-state index in [0.717, 1.165) is 4.47 Å². The molecule has 25 heavy (non-hydrogen) atoms. The molecule has 1 fully saturated rings. The molecular formula is C16H22BrN3O4S. The van der Waals surface area contributed by atoms with Gasteiger partial charge in [-0.25, -0.2) is 12.7 Å². The highest BCUT2D eigenvalue weighted by molar-refractivity contribution is 9.10. The molecule has 0 bridgehead atoms. The van der Waals surface area contributed by atoms with E-state index in [-0.39, 0.29) is 24.8 Å². The summed E-state index contributed by atoms with van der Waals surface area (Å²) in [7, 11) is -3.23. The van der Waals surface area contributed by atoms with E-state index in [4.69, 9.17) is 0 Å². The molecule has 1 aromatic rings. The van der Waals surface area contributed by atoms with Crippen LogP contribution in [0.4, 0.5) is 0 Å². The zero-order valence-corrected chi connectivity index (χ0v) is 16.5. The Kier molecular flexibility index (Phi) is 6.97. The number of carbonyl (C=O) groups excluding carboxylic acids is 2. The van der Waals surface area contributed by atoms with E-state index in [9.17, 15) is 18.0 Å². The Morgan fingerprint density at radius 2 is 1.80 bits per heavy atom. The van der Waals surface area contributed by atoms with Gasteiger partial charge in [0.05, 0.1) is 6.26 Å². The second kappa shape index (κ2) is 8.77. The number of hydrogen-bond donors (Lipinski definition) is 1. The lowest BCUT2D eigenvalue weighted by Crippen LogP contribution is -2.38. The molecule has 0 aliphatic carbocycles. The van der Waals surface area contributed by atoms with Crippen molar-refractivity contribution >= 4 is 37.8 Å². The van der Waals surface area contributed by atoms with Crippen LogP contribution in [0.1, 0.15) is 23.2 Å². The molecule has 1 aliphatic rings. The van der Waals surface area contributed by atoms with Crippen molar-refractivity contribution in [2.45, 2.75) is 12.8 Å². The van der Waals surface area contributed by atoms with Gasteiger partial charge in [0.1, 0.15) is 0 Å². The van der Waals surface area contributed by atoms with Gasteiger partial charge < -0.3 is 10.2 Å². The molecule has 138 valence electrons. The number of hydrogen-bond acceptors (Lipinski definition) is 4. The number of nitrogens with zero attached hydrogens (tertiary/aromatic N) is 2. The maximum Gasteiger partial charge on any atom is 0.251 e. The number of benzene rings is 1. The first-order chi connectivity index (χ1) is 11.8. The molecular weight excluding hydrogens is 410 g/mol. The van der Waals surface area contributed by atoms with Crippen LogP contribution in [0.5, 0.6) is 0 Å². The molecule has 0 atom stereocenters. The smallest absolute Gasteiger partial charge is 0.251 e. The van der Waals surface area contributed by atoms with Crippen molar-refractivity contribution in [3.05, 3.63) is 34.3 Å². The number of rotatable bonds is 5. The lowest BCUT2D eigenvalue weighted by Gasteiger charge is -2.21. The molecule has 0 radical (unpaired) electrons. The fourth-order valence-corrected chi connectivity index (χ4v) is 3.76. The summed E-state index contributed by atoms with van der Waals surface area (Å²) < 4.78 is 25.5. The summed E-state index contributed by atoms with van der Waals surface area (Å²) in [5, 5.41) is 2.73. The fraction of sp³-hybridized carbons (Fsp3) is 0.500. The van der Waals surface area contributed by atoms with E-state index in [1.807, 2.05) is 0 Å². The van der Waals surface area contributed by atoms with Gasteiger partial charge in [-0.05, 0) is 30.7 Å². The van der Waals surface area contributed by atoms with Crippen molar-refractivity contribution in [1.82, 2.24) is 14.5 Å². The summed E-state index contributed by atoms with van der Waals surface area (Å²) in [5.74, 6) is -0.300. The molecule has 2 amide bonds. The molecule has 1 saturated heterocycles. The molecule has 2 rings (SSSR count). The third-order valence-corrected chi connectivity index (χ3v) is 5.84. The maximum atomic E-state index is 12.3. The molecule has 7 nitrogen and oxygen atoms in total. The van der Waals surface area contributed by atoms with Crippen molar-refractivity contribution in [2.75, 3.05) is 39.0 Å². The second-order valence-electron chi connectivity index (χ2n) is 5.91. The van der Waals surface area contributed by atoms with Gasteiger partial charge in [0.15, 0.2) is 0 Å². The summed E-state index contributed by atoms with van der Waals surface area (Å²) in [6, 6.07) is 6.97. The predicted octanol–water partition coefficient (Wildman–Crippen LogP) is 1.06. The summed E-state index contributed by atoms with van der Waals surface area (Å²) in [5.41, 5.74) is 0.536. The maximum absolute atomic E-state index is 12.3. The van der Waals surface area contributed by atoms with E-state index >= 15 is 0 Å². The van der Waals surface area contributed by atoms with Gasteiger partial charge in [0, 0.05) is 49.2 Å². The van der Waals surface area contributed by atoms with Gasteiger partial charge >= 0.3 is 0 Å². The van der Waals surface area contributed by atoms with Gasteiger partial charge in [0.2, 0.25) is 15.9 Å². The normalized spacial score (nSPS) is 16.3. The Morgan fingerprint density at radius 3 is 2.44 bits per heavy atom. The highest BCUT2D eigenvalue weighted by Gasteiger charge is 2.23. The molecule has 0 saturated carbocycles. The van der Waals surface area contributed by atoms with Crippen molar-refractivity contribution in [3.63, 3.8) is 0 Å². The quantitative estimate of drug-likeness (QED) is 0.754. The Labute approximate surface area is 156 Å². The largest absolute Gasteiger partial charge is 0.352 e. The summed E-state index contributed by atoms with van der Waals surface area (Å²) >= 11 is 3.31. The number of amides is 2. The molecule has 1 aliphatic heterocycles. The summed E-state index contributed by atoms with van der Waals surface area (Å²) in [6.45, 7) is 1.91. The predicted molar refractivity (Wildman–Crippen MR) is 98.7 cm³/mol. The molecule has 1 aromatic carbocycles. The topological polar surface area (TPSA) is 86.8 Å². The minimum Gasteiger partial charge on any atom is -0.352 e. The minimum atomic E-state index is -3.23. The van der Waals surface area contributed by atoms with E-state index in [0.29, 0.717) is 38.2 Å². The van der Waals surface area contributed by atoms with Crippen LogP contribution in [0.15, 0.2) is 28.7 Å². The van der Waals surface area contributed by atoms with Gasteiger partial charge in [-0.1, -0.05) is 15.9 Å². The number of carbonyl (C=O) groups is 2. The van der Waals surface area contributed by atoms with Gasteiger partial charge in [0.25, 0.3) is 5.91 Å². The van der Waals surface area contributed by atoms with Crippen molar-refractivity contribution in [2.24, 2.45) is 0 Å². The zero-order chi connectivity index (χ0) is 18.4. The first-order valence-electron chi connectivity index (χ1n) is 8.04. The van der Waals surface area contributed by atoms with Crippen LogP contribution in [-0.2, 0) is 14.8 Å². The Bertz CT molecular complexity index is 721. The molecule has 1 N–H and O–H groups in total. The highest BCUT2D eigenvalue weighted by Crippen LogP contribution is 2.11. The van der Waals surface area contributed by atoms with Crippen LogP contribution in [0.25, 0.3) is 0 Å². The summed E-state index contributed by atoms with van der Waals surface area (Å²) in [4.78, 5) is 25.9. The second-order valence-corrected chi connectivity index (χ2v) is 8.81. The van der Waals surface area contributed by atoms with Gasteiger partial charge in [-0.2, -0.15) is 0 Å². The van der Waals surface area contributed by atoms with Crippen LogP contribution in [-0.4, -0.2) is 68.4 Å².